The third-order valence-electron chi connectivity index (χ3n) is 5.09. The van der Waals surface area contributed by atoms with Crippen molar-refractivity contribution in [3.05, 3.63) is 45.8 Å². The van der Waals surface area contributed by atoms with Gasteiger partial charge in [0, 0.05) is 23.9 Å². The molecule has 2 aromatic rings. The summed E-state index contributed by atoms with van der Waals surface area (Å²) < 4.78 is 5.72. The van der Waals surface area contributed by atoms with Crippen LogP contribution in [0.25, 0.3) is 0 Å². The largest absolute Gasteiger partial charge is 0.494 e. The van der Waals surface area contributed by atoms with E-state index < -0.39 is 5.91 Å². The van der Waals surface area contributed by atoms with E-state index in [0.717, 1.165) is 29.7 Å². The number of primary amides is 1. The first-order valence-electron chi connectivity index (χ1n) is 10.1. The zero-order valence-corrected chi connectivity index (χ0v) is 18.1. The van der Waals surface area contributed by atoms with Gasteiger partial charge in [0.1, 0.15) is 10.8 Å². The summed E-state index contributed by atoms with van der Waals surface area (Å²) in [5.74, 6) is -0.293. The minimum Gasteiger partial charge on any atom is -0.494 e. The fraction of sp³-hybridized carbons (Fsp3) is 0.409. The number of ether oxygens (including phenoxy) is 1. The molecule has 0 atom stereocenters. The molecule has 0 bridgehead atoms. The number of thiophene rings is 1. The summed E-state index contributed by atoms with van der Waals surface area (Å²) >= 11 is 1.30. The van der Waals surface area contributed by atoms with Gasteiger partial charge in [-0.2, -0.15) is 0 Å². The van der Waals surface area contributed by atoms with Crippen molar-refractivity contribution in [2.24, 2.45) is 5.73 Å². The van der Waals surface area contributed by atoms with E-state index in [-0.39, 0.29) is 11.8 Å². The Bertz CT molecular complexity index is 954. The highest BCUT2D eigenvalue weighted by molar-refractivity contribution is 7.17. The number of rotatable bonds is 8. The maximum absolute atomic E-state index is 12.8. The topological polar surface area (TPSA) is 102 Å². The molecule has 0 saturated heterocycles. The van der Waals surface area contributed by atoms with Gasteiger partial charge in [-0.1, -0.05) is 25.8 Å². The second-order valence-electron chi connectivity index (χ2n) is 7.30. The Labute approximate surface area is 180 Å². The maximum Gasteiger partial charge on any atom is 0.256 e. The summed E-state index contributed by atoms with van der Waals surface area (Å²) in [7, 11) is 0. The Balaban J connectivity index is 1.77. The van der Waals surface area contributed by atoms with Crippen molar-refractivity contribution in [2.45, 2.75) is 46.1 Å². The number of carbonyl (C=O) groups excluding carboxylic acids is 3. The molecule has 0 aliphatic carbocycles. The molecule has 0 saturated carbocycles. The van der Waals surface area contributed by atoms with Crippen LogP contribution in [0.15, 0.2) is 24.3 Å². The fourth-order valence-electron chi connectivity index (χ4n) is 3.47. The van der Waals surface area contributed by atoms with Crippen molar-refractivity contribution in [1.29, 1.82) is 0 Å². The van der Waals surface area contributed by atoms with Gasteiger partial charge < -0.3 is 20.7 Å². The van der Waals surface area contributed by atoms with E-state index in [0.29, 0.717) is 48.0 Å². The molecular formula is C22H27N3O4S. The van der Waals surface area contributed by atoms with Gasteiger partial charge in [0.05, 0.1) is 18.7 Å². The molecule has 30 heavy (non-hydrogen) atoms. The van der Waals surface area contributed by atoms with Gasteiger partial charge in [0.25, 0.3) is 11.8 Å². The Kier molecular flexibility index (Phi) is 7.10. The molecule has 1 aromatic heterocycles. The molecular weight excluding hydrogens is 402 g/mol. The molecule has 160 valence electrons. The molecule has 2 heterocycles. The summed E-state index contributed by atoms with van der Waals surface area (Å²) in [6.45, 7) is 5.21. The van der Waals surface area contributed by atoms with Gasteiger partial charge in [-0.25, -0.2) is 0 Å². The monoisotopic (exact) mass is 429 g/mol. The van der Waals surface area contributed by atoms with Crippen LogP contribution in [0.2, 0.25) is 0 Å². The molecule has 3 rings (SSSR count). The predicted octanol–water partition coefficient (Wildman–Crippen LogP) is 3.57. The Morgan fingerprint density at radius 3 is 2.77 bits per heavy atom. The van der Waals surface area contributed by atoms with E-state index in [1.807, 2.05) is 6.07 Å². The van der Waals surface area contributed by atoms with Crippen LogP contribution in [0.3, 0.4) is 0 Å². The number of nitrogens with one attached hydrogen (secondary N) is 1. The number of nitrogens with two attached hydrogens (primary N) is 1. The van der Waals surface area contributed by atoms with Crippen molar-refractivity contribution < 1.29 is 19.1 Å². The van der Waals surface area contributed by atoms with E-state index in [9.17, 15) is 14.4 Å². The van der Waals surface area contributed by atoms with Crippen LogP contribution in [-0.2, 0) is 17.8 Å². The highest BCUT2D eigenvalue weighted by Crippen LogP contribution is 2.37. The SMILES string of the molecule is CCCCCOc1cccc(C(=O)Nc2sc3c(c2C(N)=O)CCN(C(C)=O)C3)c1. The van der Waals surface area contributed by atoms with E-state index in [1.54, 1.807) is 23.1 Å². The van der Waals surface area contributed by atoms with E-state index in [4.69, 9.17) is 10.5 Å². The number of nitrogens with zero attached hydrogens (tertiary/aromatic N) is 1. The lowest BCUT2D eigenvalue weighted by molar-refractivity contribution is -0.129. The quantitative estimate of drug-likeness (QED) is 0.626. The molecule has 0 fully saturated rings. The number of hydrogen-bond acceptors (Lipinski definition) is 5. The molecule has 0 radical (unpaired) electrons. The minimum atomic E-state index is -0.577. The zero-order valence-electron chi connectivity index (χ0n) is 17.3. The second kappa shape index (κ2) is 9.75. The van der Waals surface area contributed by atoms with Crippen LogP contribution in [0, 0.1) is 0 Å². The molecule has 0 unspecified atom stereocenters. The normalized spacial score (nSPS) is 12.9. The lowest BCUT2D eigenvalue weighted by Crippen LogP contribution is -2.34. The maximum atomic E-state index is 12.8. The number of unbranched alkanes of at least 4 members (excludes halogenated alkanes) is 2. The van der Waals surface area contributed by atoms with Crippen LogP contribution < -0.4 is 15.8 Å². The predicted molar refractivity (Wildman–Crippen MR) is 117 cm³/mol. The van der Waals surface area contributed by atoms with Gasteiger partial charge in [-0.05, 0) is 36.6 Å². The van der Waals surface area contributed by atoms with Crippen LogP contribution in [0.5, 0.6) is 5.75 Å². The Morgan fingerprint density at radius 1 is 1.27 bits per heavy atom. The molecule has 1 aliphatic heterocycles. The van der Waals surface area contributed by atoms with Crippen LogP contribution in [0.4, 0.5) is 5.00 Å². The second-order valence-corrected chi connectivity index (χ2v) is 8.41. The Morgan fingerprint density at radius 2 is 2.07 bits per heavy atom. The highest BCUT2D eigenvalue weighted by Gasteiger charge is 2.28. The van der Waals surface area contributed by atoms with Gasteiger partial charge >= 0.3 is 0 Å². The number of amides is 3. The first kappa shape index (κ1) is 21.8. The van der Waals surface area contributed by atoms with Crippen molar-refractivity contribution in [3.8, 4) is 5.75 Å². The van der Waals surface area contributed by atoms with Crippen molar-refractivity contribution in [1.82, 2.24) is 4.90 Å². The summed E-state index contributed by atoms with van der Waals surface area (Å²) in [6.07, 6.45) is 3.72. The number of benzene rings is 1. The van der Waals surface area contributed by atoms with E-state index in [1.165, 1.54) is 18.3 Å². The zero-order chi connectivity index (χ0) is 21.7. The number of hydrogen-bond donors (Lipinski definition) is 2. The minimum absolute atomic E-state index is 0.0176. The lowest BCUT2D eigenvalue weighted by atomic mass is 10.0. The number of fused-ring (bicyclic) bond motifs is 1. The van der Waals surface area contributed by atoms with Crippen molar-refractivity contribution in [2.75, 3.05) is 18.5 Å². The fourth-order valence-corrected chi connectivity index (χ4v) is 4.73. The average molecular weight is 430 g/mol. The molecule has 3 amide bonds. The van der Waals surface area contributed by atoms with Gasteiger partial charge in [-0.15, -0.1) is 11.3 Å². The third kappa shape index (κ3) is 4.99. The molecule has 1 aromatic carbocycles. The van der Waals surface area contributed by atoms with Crippen LogP contribution >= 0.6 is 11.3 Å². The standard InChI is InChI=1S/C22H27N3O4S/c1-3-4-5-11-29-16-8-6-7-15(12-16)21(28)24-22-19(20(23)27)17-9-10-25(14(2)26)13-18(17)30-22/h6-8,12H,3-5,9-11,13H2,1-2H3,(H2,23,27)(H,24,28). The smallest absolute Gasteiger partial charge is 0.256 e. The number of anilines is 1. The summed E-state index contributed by atoms with van der Waals surface area (Å²) in [5, 5.41) is 3.26. The van der Waals surface area contributed by atoms with Gasteiger partial charge in [-0.3, -0.25) is 14.4 Å². The number of carbonyl (C=O) groups is 3. The molecule has 0 spiro atoms. The molecule has 7 nitrogen and oxygen atoms in total. The molecule has 8 heteroatoms. The summed E-state index contributed by atoms with van der Waals surface area (Å²) in [4.78, 5) is 39.2. The van der Waals surface area contributed by atoms with Crippen LogP contribution in [-0.4, -0.2) is 35.8 Å². The molecule has 3 N–H and O–H groups in total. The average Bonchev–Trinajstić information content (AvgIpc) is 3.08. The summed E-state index contributed by atoms with van der Waals surface area (Å²) in [6, 6.07) is 6.97. The molecule has 1 aliphatic rings. The van der Waals surface area contributed by atoms with E-state index in [2.05, 4.69) is 12.2 Å². The lowest BCUT2D eigenvalue weighted by Gasteiger charge is -2.25. The third-order valence-corrected chi connectivity index (χ3v) is 6.22. The first-order valence-corrected chi connectivity index (χ1v) is 11.0. The van der Waals surface area contributed by atoms with Crippen LogP contribution in [0.1, 0.15) is 64.3 Å². The van der Waals surface area contributed by atoms with Crippen molar-refractivity contribution >= 4 is 34.1 Å². The highest BCUT2D eigenvalue weighted by atomic mass is 32.1. The van der Waals surface area contributed by atoms with Gasteiger partial charge in [0.2, 0.25) is 5.91 Å². The van der Waals surface area contributed by atoms with Crippen molar-refractivity contribution in [3.63, 3.8) is 0 Å². The summed E-state index contributed by atoms with van der Waals surface area (Å²) in [5.41, 5.74) is 7.22. The van der Waals surface area contributed by atoms with Gasteiger partial charge in [0.15, 0.2) is 0 Å². The Hall–Kier alpha value is -2.87. The first-order chi connectivity index (χ1) is 14.4. The van der Waals surface area contributed by atoms with E-state index >= 15 is 0 Å².